The minimum Gasteiger partial charge on any atom is -0.481 e. The molecule has 0 aliphatic heterocycles. The van der Waals surface area contributed by atoms with E-state index in [0.29, 0.717) is 0 Å². The summed E-state index contributed by atoms with van der Waals surface area (Å²) in [5, 5.41) is 34.0. The summed E-state index contributed by atoms with van der Waals surface area (Å²) in [6, 6.07) is 3.68. The van der Waals surface area contributed by atoms with Crippen molar-refractivity contribution in [3.05, 3.63) is 35.9 Å². The molecule has 182 valence electrons. The van der Waals surface area contributed by atoms with Gasteiger partial charge in [0.2, 0.25) is 17.7 Å². The zero-order valence-corrected chi connectivity index (χ0v) is 18.4. The molecule has 0 bridgehead atoms. The maximum Gasteiger partial charge on any atom is 0.326 e. The molecule has 33 heavy (non-hydrogen) atoms. The maximum absolute atomic E-state index is 12.7. The van der Waals surface area contributed by atoms with Gasteiger partial charge in [-0.2, -0.15) is 0 Å². The SMILES string of the molecule is CC(C)C(NC(=O)C(N)Cc1ccccc1)C(=O)NC(CO)C(=O)NC(CC(=O)O)C(=O)O. The predicted octanol–water partition coefficient (Wildman–Crippen LogP) is -1.78. The van der Waals surface area contributed by atoms with Crippen LogP contribution in [0.4, 0.5) is 0 Å². The van der Waals surface area contributed by atoms with Crippen LogP contribution in [0, 0.1) is 5.92 Å². The Morgan fingerprint density at radius 3 is 1.94 bits per heavy atom. The number of carbonyl (C=O) groups excluding carboxylic acids is 3. The van der Waals surface area contributed by atoms with Crippen LogP contribution >= 0.6 is 0 Å². The summed E-state index contributed by atoms with van der Waals surface area (Å²) in [5.41, 5.74) is 6.78. The van der Waals surface area contributed by atoms with Crippen LogP contribution in [0.15, 0.2) is 30.3 Å². The summed E-state index contributed by atoms with van der Waals surface area (Å²) >= 11 is 0. The van der Waals surface area contributed by atoms with E-state index in [4.69, 9.17) is 15.9 Å². The fraction of sp³-hybridized carbons (Fsp3) is 0.476. The van der Waals surface area contributed by atoms with Gasteiger partial charge in [0.15, 0.2) is 0 Å². The summed E-state index contributed by atoms with van der Waals surface area (Å²) < 4.78 is 0. The van der Waals surface area contributed by atoms with E-state index < -0.39 is 72.8 Å². The van der Waals surface area contributed by atoms with E-state index in [-0.39, 0.29) is 6.42 Å². The van der Waals surface area contributed by atoms with E-state index in [9.17, 15) is 29.1 Å². The first-order valence-electron chi connectivity index (χ1n) is 10.2. The van der Waals surface area contributed by atoms with E-state index in [1.807, 2.05) is 11.4 Å². The Morgan fingerprint density at radius 2 is 1.45 bits per heavy atom. The van der Waals surface area contributed by atoms with E-state index in [2.05, 4.69) is 10.6 Å². The summed E-state index contributed by atoms with van der Waals surface area (Å²) in [7, 11) is 0. The Balaban J connectivity index is 2.80. The summed E-state index contributed by atoms with van der Waals surface area (Å²) in [5.74, 6) is -5.95. The molecular formula is C21H30N4O8. The molecule has 12 nitrogen and oxygen atoms in total. The summed E-state index contributed by atoms with van der Waals surface area (Å²) in [6.45, 7) is 2.41. The van der Waals surface area contributed by atoms with Crippen LogP contribution in [-0.4, -0.2) is 75.8 Å². The summed E-state index contributed by atoms with van der Waals surface area (Å²) in [4.78, 5) is 59.4. The lowest BCUT2D eigenvalue weighted by Crippen LogP contribution is -2.59. The molecule has 0 aliphatic rings. The lowest BCUT2D eigenvalue weighted by molar-refractivity contribution is -0.147. The number of aliphatic hydroxyl groups is 1. The number of carbonyl (C=O) groups is 5. The molecule has 1 aromatic carbocycles. The Kier molecular flexibility index (Phi) is 11.0. The van der Waals surface area contributed by atoms with Crippen LogP contribution in [0.25, 0.3) is 0 Å². The minimum atomic E-state index is -1.75. The molecule has 4 unspecified atom stereocenters. The van der Waals surface area contributed by atoms with Crippen molar-refractivity contribution in [2.75, 3.05) is 6.61 Å². The van der Waals surface area contributed by atoms with Gasteiger partial charge in [0.25, 0.3) is 0 Å². The van der Waals surface area contributed by atoms with E-state index in [1.54, 1.807) is 38.1 Å². The van der Waals surface area contributed by atoms with Gasteiger partial charge >= 0.3 is 11.9 Å². The van der Waals surface area contributed by atoms with Gasteiger partial charge in [0.1, 0.15) is 18.1 Å². The molecule has 4 atom stereocenters. The van der Waals surface area contributed by atoms with Crippen LogP contribution < -0.4 is 21.7 Å². The van der Waals surface area contributed by atoms with E-state index in [1.165, 1.54) is 0 Å². The molecule has 1 rings (SSSR count). The topological polar surface area (TPSA) is 208 Å². The van der Waals surface area contributed by atoms with Crippen LogP contribution in [0.3, 0.4) is 0 Å². The summed E-state index contributed by atoms with van der Waals surface area (Å²) in [6.07, 6.45) is -0.655. The van der Waals surface area contributed by atoms with Crippen molar-refractivity contribution in [2.45, 2.75) is 50.9 Å². The number of aliphatic hydroxyl groups excluding tert-OH is 1. The second kappa shape index (κ2) is 13.1. The Hall–Kier alpha value is -3.51. The molecule has 0 saturated heterocycles. The number of nitrogens with one attached hydrogen (secondary N) is 3. The Bertz CT molecular complexity index is 846. The predicted molar refractivity (Wildman–Crippen MR) is 116 cm³/mol. The van der Waals surface area contributed by atoms with Gasteiger partial charge < -0.3 is 37.0 Å². The zero-order chi connectivity index (χ0) is 25.1. The van der Waals surface area contributed by atoms with Gasteiger partial charge in [-0.1, -0.05) is 44.2 Å². The Morgan fingerprint density at radius 1 is 0.879 bits per heavy atom. The van der Waals surface area contributed by atoms with Gasteiger partial charge in [0, 0.05) is 0 Å². The third-order valence-corrected chi connectivity index (χ3v) is 4.69. The first kappa shape index (κ1) is 27.5. The molecule has 8 N–H and O–H groups in total. The van der Waals surface area contributed by atoms with Crippen molar-refractivity contribution in [2.24, 2.45) is 11.7 Å². The van der Waals surface area contributed by atoms with Gasteiger partial charge in [0.05, 0.1) is 19.1 Å². The molecule has 3 amide bonds. The number of carboxylic acids is 2. The van der Waals surface area contributed by atoms with Crippen molar-refractivity contribution >= 4 is 29.7 Å². The molecule has 0 fully saturated rings. The number of benzene rings is 1. The average Bonchev–Trinajstić information content (AvgIpc) is 2.74. The average molecular weight is 466 g/mol. The number of aliphatic carboxylic acids is 2. The number of amides is 3. The molecule has 0 aromatic heterocycles. The second-order valence-corrected chi connectivity index (χ2v) is 7.77. The number of hydrogen-bond acceptors (Lipinski definition) is 7. The van der Waals surface area contributed by atoms with Crippen LogP contribution in [0.5, 0.6) is 0 Å². The lowest BCUT2D eigenvalue weighted by Gasteiger charge is -2.26. The van der Waals surface area contributed by atoms with Crippen molar-refractivity contribution in [3.8, 4) is 0 Å². The molecule has 0 saturated carbocycles. The normalized spacial score (nSPS) is 14.5. The van der Waals surface area contributed by atoms with Crippen LogP contribution in [0.1, 0.15) is 25.8 Å². The third kappa shape index (κ3) is 9.25. The number of rotatable bonds is 13. The van der Waals surface area contributed by atoms with Gasteiger partial charge in [-0.05, 0) is 17.9 Å². The molecule has 0 radical (unpaired) electrons. The first-order valence-corrected chi connectivity index (χ1v) is 10.2. The van der Waals surface area contributed by atoms with Gasteiger partial charge in [-0.15, -0.1) is 0 Å². The van der Waals surface area contributed by atoms with Crippen molar-refractivity contribution in [1.29, 1.82) is 0 Å². The fourth-order valence-corrected chi connectivity index (χ4v) is 2.86. The third-order valence-electron chi connectivity index (χ3n) is 4.69. The van der Waals surface area contributed by atoms with Gasteiger partial charge in [-0.25, -0.2) is 4.79 Å². The molecule has 0 heterocycles. The minimum absolute atomic E-state index is 0.237. The quantitative estimate of drug-likeness (QED) is 0.175. The monoisotopic (exact) mass is 466 g/mol. The number of carboxylic acid groups (broad SMARTS) is 2. The van der Waals surface area contributed by atoms with Crippen LogP contribution in [-0.2, 0) is 30.4 Å². The lowest BCUT2D eigenvalue weighted by atomic mass is 10.0. The number of hydrogen-bond donors (Lipinski definition) is 7. The van der Waals surface area contributed by atoms with Crippen molar-refractivity contribution in [1.82, 2.24) is 16.0 Å². The second-order valence-electron chi connectivity index (χ2n) is 7.77. The molecule has 1 aromatic rings. The Labute approximate surface area is 190 Å². The number of nitrogens with two attached hydrogens (primary N) is 1. The largest absolute Gasteiger partial charge is 0.481 e. The fourth-order valence-electron chi connectivity index (χ4n) is 2.86. The smallest absolute Gasteiger partial charge is 0.326 e. The molecular weight excluding hydrogens is 436 g/mol. The van der Waals surface area contributed by atoms with Gasteiger partial charge in [-0.3, -0.25) is 19.2 Å². The molecule has 0 aliphatic carbocycles. The highest BCUT2D eigenvalue weighted by molar-refractivity contribution is 5.94. The van der Waals surface area contributed by atoms with E-state index in [0.717, 1.165) is 5.56 Å². The van der Waals surface area contributed by atoms with Crippen molar-refractivity contribution < 1.29 is 39.3 Å². The maximum atomic E-state index is 12.7. The standard InChI is InChI=1S/C21H30N4O8/c1-11(2)17(25-18(29)13(22)8-12-6-4-3-5-7-12)20(31)24-15(10-26)19(30)23-14(21(32)33)9-16(27)28/h3-7,11,13-15,17,26H,8-10,22H2,1-2H3,(H,23,30)(H,24,31)(H,25,29)(H,27,28)(H,32,33). The first-order chi connectivity index (χ1) is 15.5. The van der Waals surface area contributed by atoms with E-state index >= 15 is 0 Å². The molecule has 12 heteroatoms. The van der Waals surface area contributed by atoms with Crippen molar-refractivity contribution in [3.63, 3.8) is 0 Å². The zero-order valence-electron chi connectivity index (χ0n) is 18.4. The molecule has 0 spiro atoms. The highest BCUT2D eigenvalue weighted by Crippen LogP contribution is 2.06. The highest BCUT2D eigenvalue weighted by atomic mass is 16.4. The highest BCUT2D eigenvalue weighted by Gasteiger charge is 2.32. The van der Waals surface area contributed by atoms with Crippen LogP contribution in [0.2, 0.25) is 0 Å².